The van der Waals surface area contributed by atoms with Crippen molar-refractivity contribution in [1.29, 1.82) is 0 Å². The van der Waals surface area contributed by atoms with Gasteiger partial charge in [0, 0.05) is 18.8 Å². The van der Waals surface area contributed by atoms with Gasteiger partial charge in [-0.25, -0.2) is 18.1 Å². The molecule has 5 nitrogen and oxygen atoms in total. The number of aromatic nitrogens is 1. The fraction of sp³-hybridized carbons (Fsp3) is 0.615. The van der Waals surface area contributed by atoms with Crippen molar-refractivity contribution in [2.45, 2.75) is 50.0 Å². The zero-order chi connectivity index (χ0) is 14.6. The summed E-state index contributed by atoms with van der Waals surface area (Å²) in [5.41, 5.74) is 0. The van der Waals surface area contributed by atoms with E-state index >= 15 is 0 Å². The van der Waals surface area contributed by atoms with Gasteiger partial charge in [-0.2, -0.15) is 0 Å². The molecule has 1 aromatic rings. The lowest BCUT2D eigenvalue weighted by Gasteiger charge is -2.13. The van der Waals surface area contributed by atoms with Crippen molar-refractivity contribution in [3.63, 3.8) is 0 Å². The maximum absolute atomic E-state index is 12.2. The van der Waals surface area contributed by atoms with E-state index in [9.17, 15) is 8.42 Å². The molecule has 7 heteroatoms. The molecule has 1 aliphatic carbocycles. The summed E-state index contributed by atoms with van der Waals surface area (Å²) in [5.74, 6) is 0.522. The number of rotatable bonds is 6. The van der Waals surface area contributed by atoms with Gasteiger partial charge in [0.05, 0.1) is 5.02 Å². The van der Waals surface area contributed by atoms with Crippen LogP contribution < -0.4 is 10.0 Å². The van der Waals surface area contributed by atoms with Crippen molar-refractivity contribution < 1.29 is 8.42 Å². The topological polar surface area (TPSA) is 71.1 Å². The molecule has 0 amide bonds. The van der Waals surface area contributed by atoms with Gasteiger partial charge in [-0.15, -0.1) is 0 Å². The van der Waals surface area contributed by atoms with Crippen molar-refractivity contribution in [2.75, 3.05) is 11.9 Å². The van der Waals surface area contributed by atoms with Gasteiger partial charge in [0.1, 0.15) is 10.7 Å². The zero-order valence-corrected chi connectivity index (χ0v) is 13.1. The molecule has 0 unspecified atom stereocenters. The summed E-state index contributed by atoms with van der Waals surface area (Å²) in [7, 11) is -3.53. The summed E-state index contributed by atoms with van der Waals surface area (Å²) in [5, 5.41) is 3.38. The highest BCUT2D eigenvalue weighted by atomic mass is 35.5. The maximum Gasteiger partial charge on any atom is 0.242 e. The van der Waals surface area contributed by atoms with E-state index in [-0.39, 0.29) is 10.9 Å². The van der Waals surface area contributed by atoms with Gasteiger partial charge in [-0.05, 0) is 25.3 Å². The van der Waals surface area contributed by atoms with Crippen LogP contribution in [0.5, 0.6) is 0 Å². The number of anilines is 1. The largest absolute Gasteiger partial charge is 0.369 e. The molecule has 0 saturated heterocycles. The standard InChI is InChI=1S/C13H20ClN3O2S/c1-2-7-15-13-12(14)8-11(9-16-13)20(18,19)17-10-5-3-4-6-10/h8-10,17H,2-7H2,1H3,(H,15,16). The number of hydrogen-bond acceptors (Lipinski definition) is 4. The van der Waals surface area contributed by atoms with Crippen LogP contribution in [-0.4, -0.2) is 26.0 Å². The second-order valence-electron chi connectivity index (χ2n) is 5.03. The van der Waals surface area contributed by atoms with Crippen molar-refractivity contribution in [3.05, 3.63) is 17.3 Å². The Morgan fingerprint density at radius 1 is 1.40 bits per heavy atom. The maximum atomic E-state index is 12.2. The average molecular weight is 318 g/mol. The molecular formula is C13H20ClN3O2S. The first kappa shape index (κ1) is 15.5. The van der Waals surface area contributed by atoms with Crippen molar-refractivity contribution in [1.82, 2.24) is 9.71 Å². The molecule has 0 atom stereocenters. The summed E-state index contributed by atoms with van der Waals surface area (Å²) in [6, 6.07) is 1.49. The number of hydrogen-bond donors (Lipinski definition) is 2. The van der Waals surface area contributed by atoms with Crippen LogP contribution in [0.15, 0.2) is 17.2 Å². The smallest absolute Gasteiger partial charge is 0.242 e. The average Bonchev–Trinajstić information content (AvgIpc) is 2.89. The van der Waals surface area contributed by atoms with Crippen LogP contribution in [0.25, 0.3) is 0 Å². The molecule has 0 aromatic carbocycles. The Kier molecular flexibility index (Phi) is 5.23. The van der Waals surface area contributed by atoms with E-state index < -0.39 is 10.0 Å². The number of sulfonamides is 1. The number of nitrogens with zero attached hydrogens (tertiary/aromatic N) is 1. The molecule has 1 heterocycles. The van der Waals surface area contributed by atoms with Crippen LogP contribution in [0.4, 0.5) is 5.82 Å². The van der Waals surface area contributed by atoms with Gasteiger partial charge < -0.3 is 5.32 Å². The van der Waals surface area contributed by atoms with E-state index in [4.69, 9.17) is 11.6 Å². The first-order valence-electron chi connectivity index (χ1n) is 6.94. The highest BCUT2D eigenvalue weighted by Gasteiger charge is 2.23. The van der Waals surface area contributed by atoms with Crippen LogP contribution >= 0.6 is 11.6 Å². The molecular weight excluding hydrogens is 298 g/mol. The third-order valence-electron chi connectivity index (χ3n) is 3.35. The minimum Gasteiger partial charge on any atom is -0.369 e. The molecule has 2 N–H and O–H groups in total. The minimum absolute atomic E-state index is 0.0386. The number of halogens is 1. The van der Waals surface area contributed by atoms with Crippen molar-refractivity contribution >= 4 is 27.4 Å². The third-order valence-corrected chi connectivity index (χ3v) is 5.12. The van der Waals surface area contributed by atoms with Gasteiger partial charge in [0.15, 0.2) is 0 Å². The van der Waals surface area contributed by atoms with E-state index in [1.807, 2.05) is 6.92 Å². The number of pyridine rings is 1. The van der Waals surface area contributed by atoms with E-state index in [0.29, 0.717) is 10.8 Å². The second-order valence-corrected chi connectivity index (χ2v) is 7.15. The van der Waals surface area contributed by atoms with Crippen molar-refractivity contribution in [2.24, 2.45) is 0 Å². The summed E-state index contributed by atoms with van der Waals surface area (Å²) >= 11 is 6.07. The molecule has 0 bridgehead atoms. The van der Waals surface area contributed by atoms with Crippen LogP contribution in [0.3, 0.4) is 0 Å². The first-order valence-corrected chi connectivity index (χ1v) is 8.81. The number of nitrogens with one attached hydrogen (secondary N) is 2. The molecule has 1 saturated carbocycles. The Labute approximate surface area is 125 Å². The van der Waals surface area contributed by atoms with Crippen molar-refractivity contribution in [3.8, 4) is 0 Å². The fourth-order valence-electron chi connectivity index (χ4n) is 2.27. The fourth-order valence-corrected chi connectivity index (χ4v) is 3.84. The van der Waals surface area contributed by atoms with Crippen LogP contribution in [0, 0.1) is 0 Å². The minimum atomic E-state index is -3.53. The lowest BCUT2D eigenvalue weighted by molar-refractivity contribution is 0.552. The van der Waals surface area contributed by atoms with Crippen LogP contribution in [0.1, 0.15) is 39.0 Å². The van der Waals surface area contributed by atoms with Gasteiger partial charge in [0.2, 0.25) is 10.0 Å². The van der Waals surface area contributed by atoms with E-state index in [1.54, 1.807) is 0 Å². The Balaban J connectivity index is 2.13. The molecule has 0 radical (unpaired) electrons. The van der Waals surface area contributed by atoms with E-state index in [0.717, 1.165) is 38.6 Å². The summed E-state index contributed by atoms with van der Waals surface area (Å²) in [4.78, 5) is 4.22. The summed E-state index contributed by atoms with van der Waals surface area (Å²) < 4.78 is 27.2. The highest BCUT2D eigenvalue weighted by molar-refractivity contribution is 7.89. The van der Waals surface area contributed by atoms with Gasteiger partial charge in [-0.3, -0.25) is 0 Å². The molecule has 0 spiro atoms. The molecule has 1 aromatic heterocycles. The predicted octanol–water partition coefficient (Wildman–Crippen LogP) is 2.78. The highest BCUT2D eigenvalue weighted by Crippen LogP contribution is 2.24. The Morgan fingerprint density at radius 3 is 2.70 bits per heavy atom. The Bertz CT molecular complexity index is 557. The quantitative estimate of drug-likeness (QED) is 0.846. The summed E-state index contributed by atoms with van der Waals surface area (Å²) in [6.07, 6.45) is 6.24. The Hall–Kier alpha value is -0.850. The molecule has 112 valence electrons. The second kappa shape index (κ2) is 6.74. The predicted molar refractivity (Wildman–Crippen MR) is 80.6 cm³/mol. The van der Waals surface area contributed by atoms with Gasteiger partial charge >= 0.3 is 0 Å². The summed E-state index contributed by atoms with van der Waals surface area (Å²) in [6.45, 7) is 2.78. The molecule has 0 aliphatic heterocycles. The van der Waals surface area contributed by atoms with Gasteiger partial charge in [-0.1, -0.05) is 31.4 Å². The molecule has 1 fully saturated rings. The van der Waals surface area contributed by atoms with Gasteiger partial charge in [0.25, 0.3) is 0 Å². The lowest BCUT2D eigenvalue weighted by Crippen LogP contribution is -2.32. The Morgan fingerprint density at radius 2 is 2.10 bits per heavy atom. The van der Waals surface area contributed by atoms with Crippen LogP contribution in [-0.2, 0) is 10.0 Å². The SMILES string of the molecule is CCCNc1ncc(S(=O)(=O)NC2CCCC2)cc1Cl. The first-order chi connectivity index (χ1) is 9.53. The normalized spacial score (nSPS) is 16.5. The molecule has 1 aliphatic rings. The van der Waals surface area contributed by atoms with E-state index in [2.05, 4.69) is 15.0 Å². The van der Waals surface area contributed by atoms with Crippen LogP contribution in [0.2, 0.25) is 5.02 Å². The van der Waals surface area contributed by atoms with E-state index in [1.165, 1.54) is 12.3 Å². The zero-order valence-electron chi connectivity index (χ0n) is 11.5. The third kappa shape index (κ3) is 3.84. The molecule has 2 rings (SSSR count). The lowest BCUT2D eigenvalue weighted by atomic mass is 10.3. The monoisotopic (exact) mass is 317 g/mol. The molecule has 20 heavy (non-hydrogen) atoms.